The van der Waals surface area contributed by atoms with Crippen LogP contribution in [0.5, 0.6) is 0 Å². The summed E-state index contributed by atoms with van der Waals surface area (Å²) in [6.45, 7) is 0. The van der Waals surface area contributed by atoms with Crippen molar-refractivity contribution in [1.29, 1.82) is 5.26 Å². The highest BCUT2D eigenvalue weighted by molar-refractivity contribution is 6.31. The Kier molecular flexibility index (Phi) is 2.72. The van der Waals surface area contributed by atoms with Crippen molar-refractivity contribution in [3.05, 3.63) is 27.3 Å². The largest absolute Gasteiger partial charge is 0.328 e. The second kappa shape index (κ2) is 3.78. The molecule has 6 nitrogen and oxygen atoms in total. The number of hydrogen-bond acceptors (Lipinski definition) is 5. The van der Waals surface area contributed by atoms with Gasteiger partial charge in [0.15, 0.2) is 0 Å². The first-order chi connectivity index (χ1) is 6.16. The van der Waals surface area contributed by atoms with E-state index in [9.17, 15) is 10.1 Å². The Morgan fingerprint density at radius 2 is 2.38 bits per heavy atom. The molecule has 0 aromatic carbocycles. The number of aromatic nitrogens is 2. The highest BCUT2D eigenvalue weighted by atomic mass is 35.5. The molecular formula is C6H3ClN4O2. The number of nitro groups is 1. The highest BCUT2D eigenvalue weighted by Gasteiger charge is 2.20. The van der Waals surface area contributed by atoms with Gasteiger partial charge in [-0.1, -0.05) is 11.6 Å². The zero-order chi connectivity index (χ0) is 9.84. The lowest BCUT2D eigenvalue weighted by Gasteiger charge is -1.97. The molecule has 0 saturated heterocycles. The minimum atomic E-state index is -0.699. The minimum Gasteiger partial charge on any atom is -0.258 e. The first-order valence-electron chi connectivity index (χ1n) is 3.17. The summed E-state index contributed by atoms with van der Waals surface area (Å²) >= 11 is 5.46. The van der Waals surface area contributed by atoms with Gasteiger partial charge in [-0.15, -0.1) is 0 Å². The second-order valence-corrected chi connectivity index (χ2v) is 2.41. The van der Waals surface area contributed by atoms with Gasteiger partial charge in [0.25, 0.3) is 0 Å². The summed E-state index contributed by atoms with van der Waals surface area (Å²) in [5.41, 5.74) is -0.363. The first-order valence-corrected chi connectivity index (χ1v) is 3.55. The fourth-order valence-corrected chi connectivity index (χ4v) is 0.997. The number of hydrogen-bond donors (Lipinski definition) is 0. The van der Waals surface area contributed by atoms with Crippen molar-refractivity contribution < 1.29 is 4.92 Å². The van der Waals surface area contributed by atoms with Crippen molar-refractivity contribution >= 4 is 17.3 Å². The van der Waals surface area contributed by atoms with Crippen LogP contribution in [-0.4, -0.2) is 14.9 Å². The Labute approximate surface area is 77.9 Å². The molecule has 0 bridgehead atoms. The molecule has 0 aliphatic carbocycles. The van der Waals surface area contributed by atoms with Crippen molar-refractivity contribution in [1.82, 2.24) is 9.97 Å². The SMILES string of the molecule is N#CCc1ncnc(Cl)c1[N+](=O)[O-]. The van der Waals surface area contributed by atoms with E-state index in [-0.39, 0.29) is 17.3 Å². The van der Waals surface area contributed by atoms with Crippen LogP contribution >= 0.6 is 11.6 Å². The van der Waals surface area contributed by atoms with Crippen LogP contribution in [0.15, 0.2) is 6.33 Å². The molecule has 1 aromatic heterocycles. The van der Waals surface area contributed by atoms with Crippen molar-refractivity contribution in [3.63, 3.8) is 0 Å². The van der Waals surface area contributed by atoms with Crippen molar-refractivity contribution in [2.24, 2.45) is 0 Å². The molecule has 0 radical (unpaired) electrons. The zero-order valence-corrected chi connectivity index (χ0v) is 7.02. The molecule has 0 fully saturated rings. The van der Waals surface area contributed by atoms with Gasteiger partial charge in [0.1, 0.15) is 12.0 Å². The maximum Gasteiger partial charge on any atom is 0.328 e. The minimum absolute atomic E-state index is 0.0347. The van der Waals surface area contributed by atoms with Gasteiger partial charge >= 0.3 is 5.69 Å². The average molecular weight is 199 g/mol. The van der Waals surface area contributed by atoms with Gasteiger partial charge in [-0.05, 0) is 0 Å². The predicted molar refractivity (Wildman–Crippen MR) is 43.0 cm³/mol. The quantitative estimate of drug-likeness (QED) is 0.403. The summed E-state index contributed by atoms with van der Waals surface area (Å²) in [4.78, 5) is 16.8. The van der Waals surface area contributed by atoms with Gasteiger partial charge in [-0.2, -0.15) is 5.26 Å². The fourth-order valence-electron chi connectivity index (χ4n) is 0.776. The van der Waals surface area contributed by atoms with Gasteiger partial charge in [0, 0.05) is 0 Å². The molecule has 13 heavy (non-hydrogen) atoms. The normalized spacial score (nSPS) is 9.23. The van der Waals surface area contributed by atoms with Crippen molar-refractivity contribution in [2.45, 2.75) is 6.42 Å². The lowest BCUT2D eigenvalue weighted by molar-refractivity contribution is -0.386. The lowest BCUT2D eigenvalue weighted by Crippen LogP contribution is -2.00. The van der Waals surface area contributed by atoms with Crippen molar-refractivity contribution in [3.8, 4) is 6.07 Å². The maximum atomic E-state index is 10.4. The Hall–Kier alpha value is -1.74. The summed E-state index contributed by atoms with van der Waals surface area (Å²) in [5, 5.41) is 18.5. The highest BCUT2D eigenvalue weighted by Crippen LogP contribution is 2.24. The Morgan fingerprint density at radius 3 is 2.92 bits per heavy atom. The Morgan fingerprint density at radius 1 is 1.69 bits per heavy atom. The summed E-state index contributed by atoms with van der Waals surface area (Å²) in [5.74, 6) is 0. The lowest BCUT2D eigenvalue weighted by atomic mass is 10.3. The summed E-state index contributed by atoms with van der Waals surface area (Å²) < 4.78 is 0. The summed E-state index contributed by atoms with van der Waals surface area (Å²) in [6.07, 6.45) is 0.931. The van der Waals surface area contributed by atoms with Crippen LogP contribution in [0, 0.1) is 21.4 Å². The third-order valence-corrected chi connectivity index (χ3v) is 1.56. The first kappa shape index (κ1) is 9.35. The van der Waals surface area contributed by atoms with Crippen molar-refractivity contribution in [2.75, 3.05) is 0 Å². The van der Waals surface area contributed by atoms with Gasteiger partial charge in [0.05, 0.1) is 17.4 Å². The maximum absolute atomic E-state index is 10.4. The van der Waals surface area contributed by atoms with E-state index < -0.39 is 10.6 Å². The Bertz CT molecular complexity index is 387. The third kappa shape index (κ3) is 1.89. The molecular weight excluding hydrogens is 196 g/mol. The van der Waals surface area contributed by atoms with E-state index in [2.05, 4.69) is 9.97 Å². The van der Waals surface area contributed by atoms with Crippen LogP contribution in [-0.2, 0) is 6.42 Å². The van der Waals surface area contributed by atoms with Crippen LogP contribution in [0.1, 0.15) is 5.69 Å². The van der Waals surface area contributed by atoms with E-state index in [0.717, 1.165) is 6.33 Å². The topological polar surface area (TPSA) is 92.7 Å². The number of nitriles is 1. The molecule has 7 heteroatoms. The molecule has 0 unspecified atom stereocenters. The third-order valence-electron chi connectivity index (χ3n) is 1.28. The van der Waals surface area contributed by atoms with Gasteiger partial charge in [-0.3, -0.25) is 10.1 Å². The molecule has 0 atom stereocenters. The smallest absolute Gasteiger partial charge is 0.258 e. The van der Waals surface area contributed by atoms with Crippen LogP contribution in [0.25, 0.3) is 0 Å². The van der Waals surface area contributed by atoms with E-state index in [1.54, 1.807) is 6.07 Å². The van der Waals surface area contributed by atoms with Crippen LogP contribution < -0.4 is 0 Å². The molecule has 1 aromatic rings. The zero-order valence-electron chi connectivity index (χ0n) is 6.27. The standard InChI is InChI=1S/C6H3ClN4O2/c7-6-5(11(12)13)4(1-2-8)9-3-10-6/h3H,1H2. The fraction of sp³-hybridized carbons (Fsp3) is 0.167. The average Bonchev–Trinajstić information content (AvgIpc) is 2.04. The van der Waals surface area contributed by atoms with Crippen LogP contribution in [0.4, 0.5) is 5.69 Å². The molecule has 66 valence electrons. The van der Waals surface area contributed by atoms with E-state index >= 15 is 0 Å². The van der Waals surface area contributed by atoms with Crippen LogP contribution in [0.3, 0.4) is 0 Å². The molecule has 0 spiro atoms. The molecule has 0 aliphatic heterocycles. The van der Waals surface area contributed by atoms with E-state index in [1.165, 1.54) is 0 Å². The summed E-state index contributed by atoms with van der Waals surface area (Å²) in [6, 6.07) is 1.75. The van der Waals surface area contributed by atoms with E-state index in [4.69, 9.17) is 16.9 Å². The van der Waals surface area contributed by atoms with Crippen LogP contribution in [0.2, 0.25) is 5.15 Å². The molecule has 1 rings (SSSR count). The molecule has 0 N–H and O–H groups in total. The molecule has 0 aliphatic rings. The molecule has 1 heterocycles. The number of rotatable bonds is 2. The monoisotopic (exact) mass is 198 g/mol. The molecule has 0 saturated carbocycles. The van der Waals surface area contributed by atoms with Gasteiger partial charge in [-0.25, -0.2) is 9.97 Å². The van der Waals surface area contributed by atoms with E-state index in [1.807, 2.05) is 0 Å². The van der Waals surface area contributed by atoms with Gasteiger partial charge in [0.2, 0.25) is 5.15 Å². The number of halogens is 1. The summed E-state index contributed by atoms with van der Waals surface area (Å²) in [7, 11) is 0. The predicted octanol–water partition coefficient (Wildman–Crippen LogP) is 1.10. The second-order valence-electron chi connectivity index (χ2n) is 2.05. The number of nitrogens with zero attached hydrogens (tertiary/aromatic N) is 4. The Balaban J connectivity index is 3.27. The van der Waals surface area contributed by atoms with Gasteiger partial charge < -0.3 is 0 Å². The van der Waals surface area contributed by atoms with E-state index in [0.29, 0.717) is 0 Å². The molecule has 0 amide bonds.